The lowest BCUT2D eigenvalue weighted by Crippen LogP contribution is -2.54. The third-order valence-electron chi connectivity index (χ3n) is 12.0. The number of hydrogen-bond donors (Lipinski definition) is 4. The van der Waals surface area contributed by atoms with Crippen molar-refractivity contribution in [3.8, 4) is 0 Å². The molecule has 0 aromatic heterocycles. The van der Waals surface area contributed by atoms with E-state index in [0.717, 1.165) is 29.7 Å². The summed E-state index contributed by atoms with van der Waals surface area (Å²) < 4.78 is 9.29. The molecule has 3 saturated heterocycles. The molecule has 3 aromatic carbocycles. The van der Waals surface area contributed by atoms with Crippen molar-refractivity contribution in [3.05, 3.63) is 89.5 Å². The number of alkyl carbamates (subject to hydrolysis) is 2. The Morgan fingerprint density at radius 2 is 1.13 bits per heavy atom. The Labute approximate surface area is 357 Å². The number of likely N-dealkylation sites (tertiary alicyclic amines) is 2. The lowest BCUT2D eigenvalue weighted by atomic mass is 10.0. The molecule has 6 rings (SSSR count). The molecule has 6 amide bonds. The predicted molar refractivity (Wildman–Crippen MR) is 232 cm³/mol. The first-order valence-corrected chi connectivity index (χ1v) is 21.3. The van der Waals surface area contributed by atoms with Gasteiger partial charge in [-0.05, 0) is 103 Å². The highest BCUT2D eigenvalue weighted by atomic mass is 16.5. The standard InChI is InChI=1S/C46H59N7O8/c1-28(2)30-15-21-35(22-16-30)53-36(31-11-17-33(18-12-31)48-42(55)38-9-7-25-51(38)40(54)27-47-45(58)60-5)23-24-37(53)32-13-19-34(20-14-32)49-43(56)39-10-8-26-52(39)44(57)41(29(3)4)50-46(59)61-6/h11-22,28-29,36-39,41H,7-10,23-27H2,1-6H3,(H,47,58)(H,48,55)(H,49,56)(H,50,59)/t36?,37?,38-,39-,41-/m0/s1. The van der Waals surface area contributed by atoms with Crippen LogP contribution in [0.2, 0.25) is 0 Å². The Hall–Kier alpha value is -6.12. The SMILES string of the molecule is COC(=O)NCC(=O)N1CCC[C@H]1C(=O)Nc1ccc(C2CCC(c3ccc(NC(=O)[C@@H]4CCCN4C(=O)[C@@H](NC(=O)OC)C(C)C)cc3)N2c2ccc(C(C)C)cc2)cc1. The largest absolute Gasteiger partial charge is 0.453 e. The van der Waals surface area contributed by atoms with Crippen LogP contribution in [-0.2, 0) is 28.7 Å². The monoisotopic (exact) mass is 837 g/mol. The summed E-state index contributed by atoms with van der Waals surface area (Å²) in [6.45, 7) is 8.65. The van der Waals surface area contributed by atoms with Gasteiger partial charge < -0.3 is 45.4 Å². The van der Waals surface area contributed by atoms with Crippen molar-refractivity contribution in [2.45, 2.75) is 102 Å². The quantitative estimate of drug-likeness (QED) is 0.150. The average molecular weight is 838 g/mol. The molecule has 4 N–H and O–H groups in total. The zero-order valence-electron chi connectivity index (χ0n) is 35.9. The number of amides is 6. The average Bonchev–Trinajstić information content (AvgIpc) is 4.06. The number of carbonyl (C=O) groups is 6. The summed E-state index contributed by atoms with van der Waals surface area (Å²) in [5.74, 6) is -0.997. The molecule has 61 heavy (non-hydrogen) atoms. The van der Waals surface area contributed by atoms with Crippen LogP contribution in [0.4, 0.5) is 26.7 Å². The Bertz CT molecular complexity index is 2040. The molecular formula is C46H59N7O8. The van der Waals surface area contributed by atoms with Crippen molar-refractivity contribution >= 4 is 52.9 Å². The van der Waals surface area contributed by atoms with E-state index in [4.69, 9.17) is 4.74 Å². The van der Waals surface area contributed by atoms with Crippen molar-refractivity contribution in [3.63, 3.8) is 0 Å². The maximum Gasteiger partial charge on any atom is 0.407 e. The molecule has 0 spiro atoms. The summed E-state index contributed by atoms with van der Waals surface area (Å²) in [4.78, 5) is 82.3. The zero-order valence-corrected chi connectivity index (χ0v) is 35.9. The van der Waals surface area contributed by atoms with Gasteiger partial charge in [0.15, 0.2) is 0 Å². The van der Waals surface area contributed by atoms with E-state index in [0.29, 0.717) is 56.1 Å². The molecule has 0 bridgehead atoms. The number of anilines is 3. The predicted octanol–water partition coefficient (Wildman–Crippen LogP) is 6.49. The van der Waals surface area contributed by atoms with Crippen LogP contribution in [0.1, 0.15) is 101 Å². The van der Waals surface area contributed by atoms with Crippen LogP contribution in [0.15, 0.2) is 72.8 Å². The maximum atomic E-state index is 13.6. The van der Waals surface area contributed by atoms with E-state index < -0.39 is 30.3 Å². The third kappa shape index (κ3) is 10.4. The van der Waals surface area contributed by atoms with Crippen LogP contribution in [0.3, 0.4) is 0 Å². The minimum Gasteiger partial charge on any atom is -0.453 e. The van der Waals surface area contributed by atoms with E-state index in [9.17, 15) is 28.8 Å². The van der Waals surface area contributed by atoms with Crippen LogP contribution in [0.5, 0.6) is 0 Å². The molecule has 3 aliphatic heterocycles. The maximum absolute atomic E-state index is 13.6. The Balaban J connectivity index is 1.15. The first kappa shape index (κ1) is 44.4. The van der Waals surface area contributed by atoms with E-state index >= 15 is 0 Å². The van der Waals surface area contributed by atoms with Gasteiger partial charge in [-0.2, -0.15) is 0 Å². The molecule has 3 aliphatic rings. The Morgan fingerprint density at radius 1 is 0.639 bits per heavy atom. The fraction of sp³-hybridized carbons (Fsp3) is 0.478. The van der Waals surface area contributed by atoms with E-state index in [1.54, 1.807) is 4.90 Å². The van der Waals surface area contributed by atoms with Gasteiger partial charge in [0.2, 0.25) is 23.6 Å². The van der Waals surface area contributed by atoms with Crippen molar-refractivity contribution < 1.29 is 38.2 Å². The highest BCUT2D eigenvalue weighted by Gasteiger charge is 2.40. The summed E-state index contributed by atoms with van der Waals surface area (Å²) in [7, 11) is 2.48. The molecule has 3 aromatic rings. The van der Waals surface area contributed by atoms with Gasteiger partial charge in [0.05, 0.1) is 26.3 Å². The number of nitrogens with one attached hydrogen (secondary N) is 4. The van der Waals surface area contributed by atoms with Crippen molar-refractivity contribution in [2.75, 3.05) is 49.4 Å². The van der Waals surface area contributed by atoms with Crippen LogP contribution >= 0.6 is 0 Å². The third-order valence-corrected chi connectivity index (χ3v) is 12.0. The lowest BCUT2D eigenvalue weighted by Gasteiger charge is -2.34. The molecular weight excluding hydrogens is 779 g/mol. The van der Waals surface area contributed by atoms with E-state index in [1.807, 2.05) is 62.4 Å². The molecule has 0 radical (unpaired) electrons. The van der Waals surface area contributed by atoms with Gasteiger partial charge in [0, 0.05) is 30.2 Å². The van der Waals surface area contributed by atoms with Crippen molar-refractivity contribution in [1.82, 2.24) is 20.4 Å². The van der Waals surface area contributed by atoms with Crippen molar-refractivity contribution in [1.29, 1.82) is 0 Å². The fourth-order valence-corrected chi connectivity index (χ4v) is 8.73. The molecule has 15 heteroatoms. The van der Waals surface area contributed by atoms with Gasteiger partial charge in [0.1, 0.15) is 24.7 Å². The normalized spacial score (nSPS) is 20.4. The minimum absolute atomic E-state index is 0.0387. The van der Waals surface area contributed by atoms with Crippen LogP contribution in [0.25, 0.3) is 0 Å². The van der Waals surface area contributed by atoms with Crippen LogP contribution in [-0.4, -0.2) is 97.6 Å². The van der Waals surface area contributed by atoms with Gasteiger partial charge in [-0.25, -0.2) is 9.59 Å². The van der Waals surface area contributed by atoms with E-state index in [-0.39, 0.29) is 48.2 Å². The minimum atomic E-state index is -0.810. The second kappa shape index (κ2) is 20.0. The van der Waals surface area contributed by atoms with Gasteiger partial charge in [-0.1, -0.05) is 64.1 Å². The van der Waals surface area contributed by atoms with Crippen LogP contribution < -0.4 is 26.2 Å². The van der Waals surface area contributed by atoms with Crippen LogP contribution in [0, 0.1) is 5.92 Å². The number of nitrogens with zero attached hydrogens (tertiary/aromatic N) is 3. The number of hydrogen-bond acceptors (Lipinski definition) is 9. The Morgan fingerprint density at radius 3 is 1.61 bits per heavy atom. The summed E-state index contributed by atoms with van der Waals surface area (Å²) in [6, 6.07) is 22.5. The second-order valence-corrected chi connectivity index (χ2v) is 16.6. The summed E-state index contributed by atoms with van der Waals surface area (Å²) in [6.07, 6.45) is 2.80. The van der Waals surface area contributed by atoms with Crippen molar-refractivity contribution in [2.24, 2.45) is 5.92 Å². The number of ether oxygens (including phenoxy) is 2. The van der Waals surface area contributed by atoms with Gasteiger partial charge in [-0.15, -0.1) is 0 Å². The first-order valence-electron chi connectivity index (χ1n) is 21.3. The first-order chi connectivity index (χ1) is 29.3. The molecule has 15 nitrogen and oxygen atoms in total. The van der Waals surface area contributed by atoms with E-state index in [2.05, 4.69) is 69.0 Å². The molecule has 0 aliphatic carbocycles. The van der Waals surface area contributed by atoms with Gasteiger partial charge >= 0.3 is 12.2 Å². The number of rotatable bonds is 13. The van der Waals surface area contributed by atoms with Gasteiger partial charge in [-0.3, -0.25) is 19.2 Å². The highest BCUT2D eigenvalue weighted by Crippen LogP contribution is 2.47. The highest BCUT2D eigenvalue weighted by molar-refractivity contribution is 5.99. The number of carbonyl (C=O) groups excluding carboxylic acids is 6. The summed E-state index contributed by atoms with van der Waals surface area (Å²) >= 11 is 0. The molecule has 0 saturated carbocycles. The smallest absolute Gasteiger partial charge is 0.407 e. The molecule has 3 fully saturated rings. The molecule has 326 valence electrons. The topological polar surface area (TPSA) is 179 Å². The molecule has 5 atom stereocenters. The lowest BCUT2D eigenvalue weighted by molar-refractivity contribution is -0.139. The zero-order chi connectivity index (χ0) is 43.8. The number of benzene rings is 3. The fourth-order valence-electron chi connectivity index (χ4n) is 8.73. The Kier molecular flexibility index (Phi) is 14.5. The summed E-state index contributed by atoms with van der Waals surface area (Å²) in [5.41, 5.74) is 5.79. The van der Waals surface area contributed by atoms with E-state index in [1.165, 1.54) is 24.7 Å². The molecule has 3 heterocycles. The molecule has 2 unspecified atom stereocenters. The summed E-state index contributed by atoms with van der Waals surface area (Å²) in [5, 5.41) is 11.0. The van der Waals surface area contributed by atoms with Gasteiger partial charge in [0.25, 0.3) is 0 Å². The second-order valence-electron chi connectivity index (χ2n) is 16.6. The number of methoxy groups -OCH3 is 2.